The Morgan fingerprint density at radius 2 is 1.91 bits per heavy atom. The molecule has 0 radical (unpaired) electrons. The molecule has 1 saturated carbocycles. The summed E-state index contributed by atoms with van der Waals surface area (Å²) in [4.78, 5) is 14.5. The van der Waals surface area contributed by atoms with Crippen molar-refractivity contribution in [2.75, 3.05) is 19.8 Å². The Kier molecular flexibility index (Phi) is 7.98. The van der Waals surface area contributed by atoms with Crippen LogP contribution >= 0.6 is 0 Å². The van der Waals surface area contributed by atoms with Crippen LogP contribution in [0.2, 0.25) is 25.7 Å². The molecule has 3 aromatic heterocycles. The van der Waals surface area contributed by atoms with Crippen molar-refractivity contribution in [3.05, 3.63) is 66.4 Å². The second-order valence-electron chi connectivity index (χ2n) is 13.6. The Morgan fingerprint density at radius 3 is 2.67 bits per heavy atom. The molecular weight excluding hydrogens is 606 g/mol. The quantitative estimate of drug-likeness (QED) is 0.107. The molecule has 0 N–H and O–H groups in total. The number of aryl methyl sites for hydroxylation is 1. The maximum atomic E-state index is 13.3. The van der Waals surface area contributed by atoms with Gasteiger partial charge in [-0.1, -0.05) is 25.7 Å². The minimum Gasteiger partial charge on any atom is -0.457 e. The maximum absolute atomic E-state index is 13.3. The molecule has 0 saturated heterocycles. The van der Waals surface area contributed by atoms with Crippen LogP contribution in [-0.4, -0.2) is 63.1 Å². The lowest BCUT2D eigenvalue weighted by Crippen LogP contribution is -2.37. The summed E-state index contributed by atoms with van der Waals surface area (Å²) in [6.07, 6.45) is 7.12. The monoisotopic (exact) mass is 644 g/mol. The van der Waals surface area contributed by atoms with Crippen LogP contribution < -0.4 is 4.74 Å². The molecule has 2 aromatic carbocycles. The summed E-state index contributed by atoms with van der Waals surface area (Å²) >= 11 is 0. The second-order valence-corrected chi connectivity index (χ2v) is 19.2. The highest BCUT2D eigenvalue weighted by Gasteiger charge is 2.45. The minimum atomic E-state index is -2.55. The fourth-order valence-corrected chi connectivity index (χ4v) is 6.80. The van der Waals surface area contributed by atoms with Gasteiger partial charge in [-0.05, 0) is 48.7 Å². The average Bonchev–Trinajstić information content (AvgIpc) is 3.74. The number of hydrogen-bond acceptors (Lipinski definition) is 7. The van der Waals surface area contributed by atoms with E-state index in [1.807, 2.05) is 49.5 Å². The van der Waals surface area contributed by atoms with Gasteiger partial charge in [-0.3, -0.25) is 9.67 Å². The Balaban J connectivity index is 1.16. The predicted molar refractivity (Wildman–Crippen MR) is 176 cm³/mol. The Morgan fingerprint density at radius 1 is 1.07 bits per heavy atom. The van der Waals surface area contributed by atoms with Crippen LogP contribution in [0.3, 0.4) is 0 Å². The molecule has 0 amide bonds. The van der Waals surface area contributed by atoms with E-state index in [-0.39, 0.29) is 18.8 Å². The van der Waals surface area contributed by atoms with Crippen LogP contribution in [0, 0.1) is 12.8 Å². The molecule has 9 nitrogen and oxygen atoms in total. The van der Waals surface area contributed by atoms with Crippen LogP contribution in [0.25, 0.3) is 38.9 Å². The molecule has 0 unspecified atom stereocenters. The van der Waals surface area contributed by atoms with Crippen molar-refractivity contribution in [3.63, 3.8) is 0 Å². The first-order valence-electron chi connectivity index (χ1n) is 15.7. The first kappa shape index (κ1) is 30.6. The highest BCUT2D eigenvalue weighted by atomic mass is 28.3. The molecular formula is C34H38F2N6O3Si. The zero-order chi connectivity index (χ0) is 32.1. The van der Waals surface area contributed by atoms with Gasteiger partial charge in [-0.25, -0.2) is 18.7 Å². The number of benzene rings is 2. The molecule has 240 valence electrons. The highest BCUT2D eigenvalue weighted by molar-refractivity contribution is 6.76. The van der Waals surface area contributed by atoms with Gasteiger partial charge in [0, 0.05) is 51.9 Å². The van der Waals surface area contributed by atoms with Crippen LogP contribution in [0.4, 0.5) is 8.78 Å². The molecule has 5 aromatic rings. The first-order valence-corrected chi connectivity index (χ1v) is 19.4. The Bertz CT molecular complexity index is 1940. The van der Waals surface area contributed by atoms with Crippen molar-refractivity contribution < 1.29 is 23.0 Å². The number of halogens is 2. The van der Waals surface area contributed by atoms with Gasteiger partial charge in [0.2, 0.25) is 5.92 Å². The van der Waals surface area contributed by atoms with E-state index in [1.165, 1.54) is 0 Å². The van der Waals surface area contributed by atoms with E-state index in [4.69, 9.17) is 29.2 Å². The summed E-state index contributed by atoms with van der Waals surface area (Å²) < 4.78 is 48.7. The topological polar surface area (TPSA) is 89.1 Å². The number of fused-ring (bicyclic) bond motifs is 2. The summed E-state index contributed by atoms with van der Waals surface area (Å²) in [6, 6.07) is 10.8. The van der Waals surface area contributed by atoms with Gasteiger partial charge in [0.05, 0.1) is 53.4 Å². The van der Waals surface area contributed by atoms with E-state index in [9.17, 15) is 8.78 Å². The van der Waals surface area contributed by atoms with E-state index in [0.717, 1.165) is 51.7 Å². The fraction of sp³-hybridized carbons (Fsp3) is 0.412. The number of imidazole rings is 1. The van der Waals surface area contributed by atoms with Crippen molar-refractivity contribution >= 4 is 35.7 Å². The molecule has 46 heavy (non-hydrogen) atoms. The standard InChI is InChI=1S/C34H38F2N6O3Si/c1-22-39-28-13-26(5-7-30(28)42(22)21-44-11-12-46(2,3)4)45-31-8-6-27-33(32(31)24-9-10-43-20-24)40-29(17-37-27)25-16-38-41(19-25)18-23-14-34(35,36)15-23/h5-9,13,16-17,19,23H,10-12,14-15,18,20-21H2,1-4H3. The van der Waals surface area contributed by atoms with Crippen molar-refractivity contribution in [2.45, 2.75) is 64.6 Å². The van der Waals surface area contributed by atoms with Crippen molar-refractivity contribution in [3.8, 4) is 22.8 Å². The molecule has 1 aliphatic heterocycles. The maximum Gasteiger partial charge on any atom is 0.248 e. The van der Waals surface area contributed by atoms with Crippen LogP contribution in [-0.2, 0) is 22.7 Å². The van der Waals surface area contributed by atoms with Crippen molar-refractivity contribution in [1.29, 1.82) is 0 Å². The van der Waals surface area contributed by atoms with Crippen molar-refractivity contribution in [1.82, 2.24) is 29.3 Å². The number of nitrogens with zero attached hydrogens (tertiary/aromatic N) is 6. The van der Waals surface area contributed by atoms with Crippen LogP contribution in [0.15, 0.2) is 55.0 Å². The summed E-state index contributed by atoms with van der Waals surface area (Å²) in [5.41, 5.74) is 6.46. The van der Waals surface area contributed by atoms with Gasteiger partial charge in [-0.15, -0.1) is 0 Å². The molecule has 2 aliphatic rings. The molecule has 0 bridgehead atoms. The summed E-state index contributed by atoms with van der Waals surface area (Å²) in [5.74, 6) is -0.438. The number of aromatic nitrogens is 6. The SMILES string of the molecule is Cc1nc2cc(Oc3ccc4ncc(-c5cnn(CC6CC(F)(F)C6)c5)nc4c3C3=CCOC3)ccc2n1COCC[Si](C)(C)C. The third-order valence-electron chi connectivity index (χ3n) is 8.61. The van der Waals surface area contributed by atoms with E-state index < -0.39 is 14.0 Å². The lowest BCUT2D eigenvalue weighted by atomic mass is 9.81. The summed E-state index contributed by atoms with van der Waals surface area (Å²) in [7, 11) is -1.16. The lowest BCUT2D eigenvalue weighted by molar-refractivity contribution is -0.114. The number of rotatable bonds is 11. The van der Waals surface area contributed by atoms with Crippen LogP contribution in [0.1, 0.15) is 24.2 Å². The van der Waals surface area contributed by atoms with Gasteiger partial charge >= 0.3 is 0 Å². The zero-order valence-corrected chi connectivity index (χ0v) is 27.6. The van der Waals surface area contributed by atoms with Gasteiger partial charge in [0.15, 0.2) is 0 Å². The molecule has 0 spiro atoms. The zero-order valence-electron chi connectivity index (χ0n) is 26.6. The molecule has 7 rings (SSSR count). The van der Waals surface area contributed by atoms with Gasteiger partial charge in [0.1, 0.15) is 29.6 Å². The van der Waals surface area contributed by atoms with Gasteiger partial charge < -0.3 is 18.8 Å². The number of alkyl halides is 2. The average molecular weight is 645 g/mol. The van der Waals surface area contributed by atoms with Gasteiger partial charge in [-0.2, -0.15) is 5.10 Å². The molecule has 1 aliphatic carbocycles. The second kappa shape index (κ2) is 12.0. The third kappa shape index (κ3) is 6.47. The van der Waals surface area contributed by atoms with Crippen molar-refractivity contribution in [2.24, 2.45) is 5.92 Å². The minimum absolute atomic E-state index is 0.0731. The Hall–Kier alpha value is -4.00. The lowest BCUT2D eigenvalue weighted by Gasteiger charge is -2.34. The van der Waals surface area contributed by atoms with E-state index >= 15 is 0 Å². The normalized spacial score (nSPS) is 16.7. The molecule has 0 atom stereocenters. The summed E-state index contributed by atoms with van der Waals surface area (Å²) in [5, 5.41) is 4.41. The smallest absolute Gasteiger partial charge is 0.248 e. The van der Waals surface area contributed by atoms with E-state index in [0.29, 0.717) is 49.2 Å². The predicted octanol–water partition coefficient (Wildman–Crippen LogP) is 7.71. The van der Waals surface area contributed by atoms with E-state index in [2.05, 4.69) is 29.3 Å². The van der Waals surface area contributed by atoms with E-state index in [1.54, 1.807) is 17.1 Å². The molecule has 12 heteroatoms. The Labute approximate surface area is 267 Å². The van der Waals surface area contributed by atoms with Gasteiger partial charge in [0.25, 0.3) is 0 Å². The third-order valence-corrected chi connectivity index (χ3v) is 10.3. The molecule has 1 fully saturated rings. The summed E-state index contributed by atoms with van der Waals surface area (Å²) in [6.45, 7) is 11.6. The number of ether oxygens (including phenoxy) is 3. The fourth-order valence-electron chi connectivity index (χ4n) is 6.05. The number of hydrogen-bond donors (Lipinski definition) is 0. The van der Waals surface area contributed by atoms with Crippen LogP contribution in [0.5, 0.6) is 11.5 Å². The molecule has 4 heterocycles. The largest absolute Gasteiger partial charge is 0.457 e. The highest BCUT2D eigenvalue weighted by Crippen LogP contribution is 2.43. The first-order chi connectivity index (χ1) is 22.0.